The molecule has 2 aromatic heterocycles. The van der Waals surface area contributed by atoms with Crippen LogP contribution in [0.2, 0.25) is 0 Å². The Kier molecular flexibility index (Phi) is 5.03. The predicted molar refractivity (Wildman–Crippen MR) is 119 cm³/mol. The first-order valence-corrected chi connectivity index (χ1v) is 12.7. The van der Waals surface area contributed by atoms with E-state index in [-0.39, 0.29) is 35.3 Å². The van der Waals surface area contributed by atoms with Crippen LogP contribution in [0.1, 0.15) is 71.5 Å². The molecule has 0 spiro atoms. The van der Waals surface area contributed by atoms with Crippen molar-refractivity contribution in [1.29, 1.82) is 0 Å². The minimum absolute atomic E-state index is 0.0433. The summed E-state index contributed by atoms with van der Waals surface area (Å²) in [5.41, 5.74) is 3.37. The van der Waals surface area contributed by atoms with Gasteiger partial charge in [0.2, 0.25) is 0 Å². The number of hydrogen-bond acceptors (Lipinski definition) is 5. The molecule has 168 valence electrons. The van der Waals surface area contributed by atoms with Crippen LogP contribution in [0.5, 0.6) is 0 Å². The lowest BCUT2D eigenvalue weighted by Gasteiger charge is -2.16. The van der Waals surface area contributed by atoms with E-state index in [0.29, 0.717) is 34.6 Å². The van der Waals surface area contributed by atoms with Gasteiger partial charge in [0.15, 0.2) is 15.5 Å². The fourth-order valence-electron chi connectivity index (χ4n) is 4.43. The summed E-state index contributed by atoms with van der Waals surface area (Å²) in [7, 11) is -3.09. The molecule has 0 bridgehead atoms. The van der Waals surface area contributed by atoms with Gasteiger partial charge in [0.25, 0.3) is 5.91 Å². The summed E-state index contributed by atoms with van der Waals surface area (Å²) in [5, 5.41) is 8.28. The Labute approximate surface area is 186 Å². The van der Waals surface area contributed by atoms with E-state index >= 15 is 0 Å². The lowest BCUT2D eigenvalue weighted by atomic mass is 10.0. The summed E-state index contributed by atoms with van der Waals surface area (Å²) < 4.78 is 39.1. The van der Waals surface area contributed by atoms with Crippen LogP contribution in [0.25, 0.3) is 11.0 Å². The van der Waals surface area contributed by atoms with E-state index in [1.54, 1.807) is 16.8 Å². The zero-order valence-corrected chi connectivity index (χ0v) is 18.8. The minimum Gasteiger partial charge on any atom is -0.345 e. The van der Waals surface area contributed by atoms with Gasteiger partial charge in [-0.15, -0.1) is 0 Å². The van der Waals surface area contributed by atoms with Crippen molar-refractivity contribution in [3.05, 3.63) is 58.7 Å². The Morgan fingerprint density at radius 3 is 2.56 bits per heavy atom. The van der Waals surface area contributed by atoms with Gasteiger partial charge < -0.3 is 5.32 Å². The number of halogens is 1. The van der Waals surface area contributed by atoms with E-state index in [9.17, 15) is 17.6 Å². The molecule has 2 aliphatic rings. The van der Waals surface area contributed by atoms with Crippen LogP contribution >= 0.6 is 0 Å². The van der Waals surface area contributed by atoms with E-state index < -0.39 is 9.84 Å². The number of sulfone groups is 1. The fourth-order valence-corrected chi connectivity index (χ4v) is 6.12. The molecule has 5 rings (SSSR count). The number of nitrogens with one attached hydrogen (secondary N) is 1. The van der Waals surface area contributed by atoms with E-state index in [2.05, 4.69) is 10.4 Å². The lowest BCUT2D eigenvalue weighted by Crippen LogP contribution is -2.27. The van der Waals surface area contributed by atoms with E-state index in [4.69, 9.17) is 4.98 Å². The second-order valence-electron chi connectivity index (χ2n) is 8.90. The molecule has 1 aromatic carbocycles. The van der Waals surface area contributed by atoms with Gasteiger partial charge in [-0.1, -0.05) is 12.1 Å². The SMILES string of the molecule is Cc1nn(C2CCS(=O)(=O)C2)c2nc(C3CC3)cc(C(=O)NC(C)c3ccc(F)cc3)c12. The van der Waals surface area contributed by atoms with Crippen LogP contribution in [0.15, 0.2) is 30.3 Å². The van der Waals surface area contributed by atoms with Gasteiger partial charge >= 0.3 is 0 Å². The van der Waals surface area contributed by atoms with Gasteiger partial charge in [-0.2, -0.15) is 5.10 Å². The molecule has 2 unspecified atom stereocenters. The molecule has 2 fully saturated rings. The summed E-state index contributed by atoms with van der Waals surface area (Å²) in [6.07, 6.45) is 2.55. The number of rotatable bonds is 5. The summed E-state index contributed by atoms with van der Waals surface area (Å²) >= 11 is 0. The van der Waals surface area contributed by atoms with Crippen LogP contribution in [0.3, 0.4) is 0 Å². The maximum absolute atomic E-state index is 13.3. The van der Waals surface area contributed by atoms with Crippen LogP contribution in [0.4, 0.5) is 4.39 Å². The number of nitrogens with zero attached hydrogens (tertiary/aromatic N) is 3. The maximum atomic E-state index is 13.3. The van der Waals surface area contributed by atoms with Crippen molar-refractivity contribution in [2.75, 3.05) is 11.5 Å². The van der Waals surface area contributed by atoms with E-state index in [1.807, 2.05) is 19.9 Å². The quantitative estimate of drug-likeness (QED) is 0.633. The van der Waals surface area contributed by atoms with Crippen molar-refractivity contribution >= 4 is 26.8 Å². The third-order valence-electron chi connectivity index (χ3n) is 6.37. The van der Waals surface area contributed by atoms with Crippen molar-refractivity contribution in [1.82, 2.24) is 20.1 Å². The molecule has 1 N–H and O–H groups in total. The van der Waals surface area contributed by atoms with Crippen molar-refractivity contribution in [3.8, 4) is 0 Å². The molecule has 7 nitrogen and oxygen atoms in total. The molecule has 1 amide bonds. The van der Waals surface area contributed by atoms with Crippen molar-refractivity contribution < 1.29 is 17.6 Å². The Hall–Kier alpha value is -2.81. The molecule has 3 heterocycles. The molecule has 9 heteroatoms. The number of amides is 1. The van der Waals surface area contributed by atoms with Crippen LogP contribution < -0.4 is 5.32 Å². The number of aryl methyl sites for hydroxylation is 1. The largest absolute Gasteiger partial charge is 0.345 e. The molecule has 0 radical (unpaired) electrons. The maximum Gasteiger partial charge on any atom is 0.252 e. The molecule has 1 aliphatic heterocycles. The number of hydrogen-bond donors (Lipinski definition) is 1. The molecule has 32 heavy (non-hydrogen) atoms. The predicted octanol–water partition coefficient (Wildman–Crippen LogP) is 3.61. The van der Waals surface area contributed by atoms with Gasteiger partial charge in [0, 0.05) is 11.6 Å². The molecular weight excluding hydrogens is 431 g/mol. The second-order valence-corrected chi connectivity index (χ2v) is 11.1. The first kappa shape index (κ1) is 21.1. The van der Waals surface area contributed by atoms with Gasteiger partial charge in [-0.05, 0) is 56.9 Å². The van der Waals surface area contributed by atoms with Crippen LogP contribution in [-0.4, -0.2) is 40.6 Å². The third-order valence-corrected chi connectivity index (χ3v) is 8.12. The highest BCUT2D eigenvalue weighted by molar-refractivity contribution is 7.91. The summed E-state index contributed by atoms with van der Waals surface area (Å²) in [6, 6.07) is 7.31. The second kappa shape index (κ2) is 7.65. The topological polar surface area (TPSA) is 93.9 Å². The van der Waals surface area contributed by atoms with Crippen molar-refractivity contribution in [2.45, 2.75) is 51.1 Å². The van der Waals surface area contributed by atoms with Gasteiger partial charge in [-0.25, -0.2) is 22.5 Å². The average molecular weight is 457 g/mol. The zero-order valence-electron chi connectivity index (χ0n) is 18.0. The monoisotopic (exact) mass is 456 g/mol. The highest BCUT2D eigenvalue weighted by Gasteiger charge is 2.34. The first-order chi connectivity index (χ1) is 15.2. The molecule has 1 saturated carbocycles. The van der Waals surface area contributed by atoms with E-state index in [1.165, 1.54) is 12.1 Å². The summed E-state index contributed by atoms with van der Waals surface area (Å²) in [4.78, 5) is 18.2. The van der Waals surface area contributed by atoms with Gasteiger partial charge in [0.05, 0.1) is 40.2 Å². The number of carbonyl (C=O) groups is 1. The number of aromatic nitrogens is 3. The average Bonchev–Trinajstić information content (AvgIpc) is 3.47. The third kappa shape index (κ3) is 3.90. The van der Waals surface area contributed by atoms with Crippen LogP contribution in [0, 0.1) is 12.7 Å². The Bertz CT molecular complexity index is 1310. The fraction of sp³-hybridized carbons (Fsp3) is 0.435. The van der Waals surface area contributed by atoms with Crippen molar-refractivity contribution in [3.63, 3.8) is 0 Å². The van der Waals surface area contributed by atoms with E-state index in [0.717, 1.165) is 24.1 Å². The Balaban J connectivity index is 1.54. The highest BCUT2D eigenvalue weighted by atomic mass is 32.2. The number of fused-ring (bicyclic) bond motifs is 1. The lowest BCUT2D eigenvalue weighted by molar-refractivity contribution is 0.0941. The number of pyridine rings is 1. The smallest absolute Gasteiger partial charge is 0.252 e. The van der Waals surface area contributed by atoms with Crippen molar-refractivity contribution in [2.24, 2.45) is 0 Å². The Morgan fingerprint density at radius 2 is 1.94 bits per heavy atom. The molecule has 2 atom stereocenters. The number of carbonyl (C=O) groups excluding carboxylic acids is 1. The van der Waals surface area contributed by atoms with Gasteiger partial charge in [-0.3, -0.25) is 4.79 Å². The highest BCUT2D eigenvalue weighted by Crippen LogP contribution is 2.41. The molecule has 3 aromatic rings. The summed E-state index contributed by atoms with van der Waals surface area (Å²) in [6.45, 7) is 3.67. The van der Waals surface area contributed by atoms with Crippen LogP contribution in [-0.2, 0) is 9.84 Å². The normalized spacial score (nSPS) is 21.0. The standard InChI is InChI=1S/C23H25FN4O3S/c1-13(15-5-7-17(24)8-6-15)25-23(29)19-11-20(16-3-4-16)26-22-21(19)14(2)27-28(22)18-9-10-32(30,31)12-18/h5-8,11,13,16,18H,3-4,9-10,12H2,1-2H3,(H,25,29). The molecule has 1 aliphatic carbocycles. The molecule has 1 saturated heterocycles. The Morgan fingerprint density at radius 1 is 1.22 bits per heavy atom. The zero-order chi connectivity index (χ0) is 22.6. The minimum atomic E-state index is -3.09. The van der Waals surface area contributed by atoms with Gasteiger partial charge in [0.1, 0.15) is 5.82 Å². The number of benzene rings is 1. The molecular formula is C23H25FN4O3S. The first-order valence-electron chi connectivity index (χ1n) is 10.9. The summed E-state index contributed by atoms with van der Waals surface area (Å²) in [5.74, 6) is -0.0756.